The number of hydrogen-bond donors (Lipinski definition) is 0. The molecule has 130 valence electrons. The molecule has 2 aromatic carbocycles. The minimum Gasteiger partial charge on any atom is -0.331 e. The van der Waals surface area contributed by atoms with Gasteiger partial charge in [-0.3, -0.25) is 9.48 Å². The van der Waals surface area contributed by atoms with Gasteiger partial charge in [-0.1, -0.05) is 47.5 Å². The minimum absolute atomic E-state index is 0.179. The maximum atomic E-state index is 13.0. The number of nitrogens with zero attached hydrogens (tertiary/aromatic N) is 4. The van der Waals surface area contributed by atoms with Gasteiger partial charge in [-0.25, -0.2) is 4.98 Å². The Morgan fingerprint density at radius 1 is 1.08 bits per heavy atom. The van der Waals surface area contributed by atoms with Crippen LogP contribution in [0.25, 0.3) is 22.0 Å². The molecule has 0 radical (unpaired) electrons. The summed E-state index contributed by atoms with van der Waals surface area (Å²) in [5, 5.41) is 6.44. The standard InChI is InChI=1S/C19H14Cl2N4O/c1-24-9-8-22-19(24)18(26)17-14-5-3-4-13(16(14)23-25(17)2)12-7-6-11(20)10-15(12)21/h3-10H,1-2H3. The van der Waals surface area contributed by atoms with E-state index in [0.29, 0.717) is 27.1 Å². The number of ketones is 1. The van der Waals surface area contributed by atoms with E-state index < -0.39 is 0 Å². The summed E-state index contributed by atoms with van der Waals surface area (Å²) in [7, 11) is 3.54. The van der Waals surface area contributed by atoms with Crippen molar-refractivity contribution in [2.45, 2.75) is 0 Å². The Hall–Kier alpha value is -2.63. The van der Waals surface area contributed by atoms with Gasteiger partial charge in [0.25, 0.3) is 0 Å². The van der Waals surface area contributed by atoms with Crippen molar-refractivity contribution in [1.82, 2.24) is 19.3 Å². The van der Waals surface area contributed by atoms with E-state index in [1.54, 1.807) is 47.9 Å². The quantitative estimate of drug-likeness (QED) is 0.488. The number of aryl methyl sites for hydroxylation is 2. The fraction of sp³-hybridized carbons (Fsp3) is 0.105. The molecular formula is C19H14Cl2N4O. The maximum absolute atomic E-state index is 13.0. The molecule has 0 aliphatic heterocycles. The number of benzene rings is 2. The third kappa shape index (κ3) is 2.60. The van der Waals surface area contributed by atoms with Gasteiger partial charge in [0.15, 0.2) is 5.82 Å². The summed E-state index contributed by atoms with van der Waals surface area (Å²) >= 11 is 12.4. The molecule has 0 spiro atoms. The summed E-state index contributed by atoms with van der Waals surface area (Å²) in [6.07, 6.45) is 3.34. The molecule has 0 bridgehead atoms. The first kappa shape index (κ1) is 16.8. The maximum Gasteiger partial charge on any atom is 0.247 e. The highest BCUT2D eigenvalue weighted by Gasteiger charge is 2.23. The first-order valence-electron chi connectivity index (χ1n) is 7.90. The number of hydrogen-bond acceptors (Lipinski definition) is 3. The molecule has 0 saturated carbocycles. The van der Waals surface area contributed by atoms with Gasteiger partial charge < -0.3 is 4.57 Å². The van der Waals surface area contributed by atoms with E-state index in [0.717, 1.165) is 16.5 Å². The molecular weight excluding hydrogens is 371 g/mol. The summed E-state index contributed by atoms with van der Waals surface area (Å²) in [6.45, 7) is 0. The molecule has 0 aliphatic rings. The van der Waals surface area contributed by atoms with Crippen LogP contribution >= 0.6 is 23.2 Å². The molecule has 0 saturated heterocycles. The Morgan fingerprint density at radius 2 is 1.88 bits per heavy atom. The number of carbonyl (C=O) groups excluding carboxylic acids is 1. The van der Waals surface area contributed by atoms with Crippen LogP contribution in [-0.2, 0) is 14.1 Å². The van der Waals surface area contributed by atoms with Crippen molar-refractivity contribution < 1.29 is 4.79 Å². The average Bonchev–Trinajstić information content (AvgIpc) is 3.17. The zero-order valence-corrected chi connectivity index (χ0v) is 15.6. The van der Waals surface area contributed by atoms with E-state index in [1.807, 2.05) is 24.3 Å². The number of imidazole rings is 1. The Morgan fingerprint density at radius 3 is 2.58 bits per heavy atom. The van der Waals surface area contributed by atoms with Crippen LogP contribution in [0.5, 0.6) is 0 Å². The van der Waals surface area contributed by atoms with Gasteiger partial charge in [0.1, 0.15) is 11.2 Å². The van der Waals surface area contributed by atoms with E-state index in [2.05, 4.69) is 10.1 Å². The number of fused-ring (bicyclic) bond motifs is 1. The van der Waals surface area contributed by atoms with Crippen molar-refractivity contribution in [3.05, 3.63) is 70.4 Å². The summed E-state index contributed by atoms with van der Waals surface area (Å²) < 4.78 is 3.29. The van der Waals surface area contributed by atoms with Crippen molar-refractivity contribution in [3.63, 3.8) is 0 Å². The predicted octanol–water partition coefficient (Wildman–Crippen LogP) is 4.51. The lowest BCUT2D eigenvalue weighted by Gasteiger charge is -2.06. The molecule has 4 rings (SSSR count). The highest BCUT2D eigenvalue weighted by Crippen LogP contribution is 2.35. The fourth-order valence-corrected chi connectivity index (χ4v) is 3.61. The largest absolute Gasteiger partial charge is 0.331 e. The average molecular weight is 385 g/mol. The fourth-order valence-electron chi connectivity index (χ4n) is 3.10. The van der Waals surface area contributed by atoms with Crippen LogP contribution in [0.1, 0.15) is 16.3 Å². The molecule has 0 amide bonds. The number of rotatable bonds is 3. The first-order valence-corrected chi connectivity index (χ1v) is 8.66. The number of aromatic nitrogens is 4. The second-order valence-electron chi connectivity index (χ2n) is 5.99. The van der Waals surface area contributed by atoms with Crippen LogP contribution in [0, 0.1) is 0 Å². The molecule has 5 nitrogen and oxygen atoms in total. The van der Waals surface area contributed by atoms with E-state index in [4.69, 9.17) is 23.2 Å². The van der Waals surface area contributed by atoms with E-state index in [1.165, 1.54) is 0 Å². The smallest absolute Gasteiger partial charge is 0.247 e. The van der Waals surface area contributed by atoms with Crippen LogP contribution in [-0.4, -0.2) is 25.1 Å². The molecule has 7 heteroatoms. The Labute approximate surface area is 159 Å². The second kappa shape index (κ2) is 6.27. The SMILES string of the molecule is Cn1ccnc1C(=O)c1c2cccc(-c3ccc(Cl)cc3Cl)c2nn1C. The van der Waals surface area contributed by atoms with Crippen molar-refractivity contribution in [3.8, 4) is 11.1 Å². The molecule has 0 atom stereocenters. The summed E-state index contributed by atoms with van der Waals surface area (Å²) in [4.78, 5) is 17.2. The van der Waals surface area contributed by atoms with Crippen molar-refractivity contribution >= 4 is 39.9 Å². The van der Waals surface area contributed by atoms with Crippen molar-refractivity contribution in [2.24, 2.45) is 14.1 Å². The van der Waals surface area contributed by atoms with Gasteiger partial charge in [0.05, 0.1) is 0 Å². The van der Waals surface area contributed by atoms with Gasteiger partial charge in [-0.05, 0) is 12.1 Å². The van der Waals surface area contributed by atoms with Gasteiger partial charge in [-0.2, -0.15) is 5.10 Å². The second-order valence-corrected chi connectivity index (χ2v) is 6.83. The van der Waals surface area contributed by atoms with Crippen LogP contribution in [0.2, 0.25) is 10.0 Å². The van der Waals surface area contributed by atoms with Gasteiger partial charge >= 0.3 is 0 Å². The highest BCUT2D eigenvalue weighted by atomic mass is 35.5. The van der Waals surface area contributed by atoms with Gasteiger partial charge in [0, 0.05) is 53.0 Å². The third-order valence-corrected chi connectivity index (χ3v) is 4.87. The van der Waals surface area contributed by atoms with Crippen molar-refractivity contribution in [2.75, 3.05) is 0 Å². The van der Waals surface area contributed by atoms with Crippen LogP contribution in [0.15, 0.2) is 48.8 Å². The molecule has 0 unspecified atom stereocenters. The monoisotopic (exact) mass is 384 g/mol. The van der Waals surface area contributed by atoms with E-state index >= 15 is 0 Å². The summed E-state index contributed by atoms with van der Waals surface area (Å²) in [5.74, 6) is 0.187. The lowest BCUT2D eigenvalue weighted by Crippen LogP contribution is -2.13. The minimum atomic E-state index is -0.179. The normalized spacial score (nSPS) is 11.2. The number of halogens is 2. The Balaban J connectivity index is 1.95. The van der Waals surface area contributed by atoms with Gasteiger partial charge in [0.2, 0.25) is 5.78 Å². The van der Waals surface area contributed by atoms with Crippen LogP contribution in [0.3, 0.4) is 0 Å². The predicted molar refractivity (Wildman–Crippen MR) is 103 cm³/mol. The molecule has 26 heavy (non-hydrogen) atoms. The van der Waals surface area contributed by atoms with E-state index in [-0.39, 0.29) is 5.78 Å². The molecule has 2 aromatic heterocycles. The van der Waals surface area contributed by atoms with E-state index in [9.17, 15) is 4.79 Å². The van der Waals surface area contributed by atoms with Crippen molar-refractivity contribution in [1.29, 1.82) is 0 Å². The Kier molecular flexibility index (Phi) is 4.05. The molecule has 0 fully saturated rings. The highest BCUT2D eigenvalue weighted by molar-refractivity contribution is 6.36. The third-order valence-electron chi connectivity index (χ3n) is 4.33. The lowest BCUT2D eigenvalue weighted by atomic mass is 10.0. The summed E-state index contributed by atoms with van der Waals surface area (Å²) in [5.41, 5.74) is 2.85. The zero-order valence-electron chi connectivity index (χ0n) is 14.1. The zero-order chi connectivity index (χ0) is 18.4. The summed E-state index contributed by atoms with van der Waals surface area (Å²) in [6, 6.07) is 11.0. The van der Waals surface area contributed by atoms with Crippen LogP contribution in [0.4, 0.5) is 0 Å². The molecule has 2 heterocycles. The molecule has 4 aromatic rings. The molecule has 0 aliphatic carbocycles. The lowest BCUT2D eigenvalue weighted by molar-refractivity contribution is 0.101. The topological polar surface area (TPSA) is 52.7 Å². The Bertz CT molecular complexity index is 1160. The van der Waals surface area contributed by atoms with Gasteiger partial charge in [-0.15, -0.1) is 0 Å². The first-order chi connectivity index (χ1) is 12.5. The molecule has 0 N–H and O–H groups in total. The number of carbonyl (C=O) groups is 1. The van der Waals surface area contributed by atoms with Crippen LogP contribution < -0.4 is 0 Å².